The van der Waals surface area contributed by atoms with E-state index in [-0.39, 0.29) is 54.6 Å². The molecule has 0 saturated carbocycles. The Labute approximate surface area is 441 Å². The van der Waals surface area contributed by atoms with E-state index >= 15 is 0 Å². The fourth-order valence-electron chi connectivity index (χ4n) is 7.72. The van der Waals surface area contributed by atoms with Crippen LogP contribution in [0.15, 0.2) is 182 Å². The van der Waals surface area contributed by atoms with Gasteiger partial charge in [0.15, 0.2) is 5.75 Å². The number of hydrogen-bond donors (Lipinski definition) is 5. The molecule has 0 aliphatic carbocycles. The Morgan fingerprint density at radius 3 is 1.46 bits per heavy atom. The number of methoxy groups -OCH3 is 2. The number of benzene rings is 8. The summed E-state index contributed by atoms with van der Waals surface area (Å²) in [6.45, 7) is 3.47. The van der Waals surface area contributed by atoms with Crippen LogP contribution in [0.2, 0.25) is 0 Å². The Hall–Kier alpha value is -8.88. The summed E-state index contributed by atoms with van der Waals surface area (Å²) in [5, 5.41) is 54.0. The molecule has 9 aromatic rings. The minimum Gasteiger partial charge on any atom is -0.505 e. The number of aromatic nitrogens is 3. The summed E-state index contributed by atoms with van der Waals surface area (Å²) in [5.74, 6) is -0.278. The fourth-order valence-corrected chi connectivity index (χ4v) is 10.2. The number of fused-ring (bicyclic) bond motifs is 4. The highest BCUT2D eigenvalue weighted by Crippen LogP contribution is 2.44. The highest BCUT2D eigenvalue weighted by atomic mass is 32.2. The number of aryl methyl sites for hydroxylation is 2. The second kappa shape index (κ2) is 20.6. The second-order valence-corrected chi connectivity index (χ2v) is 22.4. The van der Waals surface area contributed by atoms with Gasteiger partial charge in [0.25, 0.3) is 40.5 Å². The first kappa shape index (κ1) is 53.9. The molecular formula is C48H37N11O15S4. The number of ether oxygens (including phenoxy) is 2. The number of phenolic OH excluding ortho intramolecular Hbond substituents is 1. The van der Waals surface area contributed by atoms with Crippen molar-refractivity contribution in [1.29, 1.82) is 0 Å². The molecule has 26 nitrogen and oxygen atoms in total. The zero-order chi connectivity index (χ0) is 56.1. The normalized spacial score (nSPS) is 12.9. The molecule has 0 aliphatic rings. The molecule has 0 saturated heterocycles. The van der Waals surface area contributed by atoms with Gasteiger partial charge in [-0.05, 0) is 133 Å². The van der Waals surface area contributed by atoms with E-state index < -0.39 is 66.6 Å². The zero-order valence-electron chi connectivity index (χ0n) is 40.4. The summed E-state index contributed by atoms with van der Waals surface area (Å²) in [7, 11) is -16.6. The van der Waals surface area contributed by atoms with Gasteiger partial charge in [-0.15, -0.1) is 25.5 Å². The van der Waals surface area contributed by atoms with Crippen LogP contribution in [-0.2, 0) is 40.5 Å². The molecule has 78 heavy (non-hydrogen) atoms. The number of hydrogen-bond acceptors (Lipinski definition) is 21. The molecule has 0 amide bonds. The number of nitrogens with zero attached hydrogens (tertiary/aromatic N) is 11. The van der Waals surface area contributed by atoms with Crippen LogP contribution in [0.1, 0.15) is 11.1 Å². The largest absolute Gasteiger partial charge is 0.505 e. The first-order valence-corrected chi connectivity index (χ1v) is 27.8. The van der Waals surface area contributed by atoms with Crippen molar-refractivity contribution in [3.05, 3.63) is 132 Å². The number of phenols is 1. The minimum absolute atomic E-state index is 0.0396. The number of azo groups is 4. The summed E-state index contributed by atoms with van der Waals surface area (Å²) in [4.78, 5) is -1.72. The maximum atomic E-state index is 12.8. The van der Waals surface area contributed by atoms with Crippen LogP contribution in [0.25, 0.3) is 38.3 Å². The van der Waals surface area contributed by atoms with Crippen LogP contribution in [0.5, 0.6) is 17.2 Å². The average molecular weight is 1140 g/mol. The smallest absolute Gasteiger partial charge is 0.296 e. The van der Waals surface area contributed by atoms with Crippen molar-refractivity contribution in [3.8, 4) is 22.9 Å². The van der Waals surface area contributed by atoms with Crippen LogP contribution in [-0.4, -0.2) is 86.2 Å². The van der Waals surface area contributed by atoms with E-state index in [1.165, 1.54) is 80.9 Å². The Bertz CT molecular complexity index is 4550. The standard InChI is InChI=1S/C48H37N11O15S4/c1-25-17-40(42(73-3)23-38(25)52-51-29-7-5-28(6-8-29)49-50-30-9-12-32(13-10-30)75(61,62)63)54-53-39-24-43(74-4)41(18-26(39)2)55-56-47-45(78(70,71)72)20-27-19-31(11-14-34(27)48(47)60)59-57-37-16-15-35-36(46(37)58-59)21-33(76(64,65)66)22-44(35)77(67,68)69/h5-24,60H,1-4H3,(H,61,62,63)(H,64,65,66)(H,67,68,69)(H,70,71,72). The number of rotatable bonds is 15. The molecule has 0 fully saturated rings. The summed E-state index contributed by atoms with van der Waals surface area (Å²) in [5.41, 5.74) is 3.29. The second-order valence-electron chi connectivity index (χ2n) is 16.7. The molecule has 0 unspecified atom stereocenters. The van der Waals surface area contributed by atoms with Crippen molar-refractivity contribution < 1.29 is 66.5 Å². The molecule has 1 heterocycles. The Kier molecular flexibility index (Phi) is 14.2. The van der Waals surface area contributed by atoms with Crippen molar-refractivity contribution in [2.45, 2.75) is 33.4 Å². The van der Waals surface area contributed by atoms with Crippen LogP contribution >= 0.6 is 0 Å². The van der Waals surface area contributed by atoms with E-state index in [1.807, 2.05) is 0 Å². The Morgan fingerprint density at radius 2 is 0.936 bits per heavy atom. The van der Waals surface area contributed by atoms with Crippen molar-refractivity contribution in [2.24, 2.45) is 40.9 Å². The van der Waals surface area contributed by atoms with E-state index in [0.29, 0.717) is 57.1 Å². The zero-order valence-corrected chi connectivity index (χ0v) is 43.7. The van der Waals surface area contributed by atoms with Gasteiger partial charge >= 0.3 is 0 Å². The van der Waals surface area contributed by atoms with Gasteiger partial charge in [-0.25, -0.2) is 0 Å². The first-order chi connectivity index (χ1) is 36.8. The fraction of sp³-hybridized carbons (Fsp3) is 0.0833. The van der Waals surface area contributed by atoms with Crippen molar-refractivity contribution in [1.82, 2.24) is 15.0 Å². The van der Waals surface area contributed by atoms with Crippen LogP contribution in [0, 0.1) is 13.8 Å². The van der Waals surface area contributed by atoms with Crippen LogP contribution < -0.4 is 9.47 Å². The van der Waals surface area contributed by atoms with E-state index in [2.05, 4.69) is 51.1 Å². The quantitative estimate of drug-likeness (QED) is 0.0470. The summed E-state index contributed by atoms with van der Waals surface area (Å²) in [6.07, 6.45) is 0. The molecule has 5 N–H and O–H groups in total. The lowest BCUT2D eigenvalue weighted by molar-refractivity contribution is 0.415. The third-order valence-corrected chi connectivity index (χ3v) is 15.1. The molecule has 398 valence electrons. The lowest BCUT2D eigenvalue weighted by Crippen LogP contribution is -2.04. The molecule has 1 aromatic heterocycles. The van der Waals surface area contributed by atoms with E-state index in [0.717, 1.165) is 16.9 Å². The minimum atomic E-state index is -5.11. The molecule has 9 rings (SSSR count). The third kappa shape index (κ3) is 11.3. The Balaban J connectivity index is 0.954. The third-order valence-electron chi connectivity index (χ3n) is 11.6. The highest BCUT2D eigenvalue weighted by Gasteiger charge is 2.25. The molecule has 0 bridgehead atoms. The van der Waals surface area contributed by atoms with Gasteiger partial charge in [0.2, 0.25) is 0 Å². The van der Waals surface area contributed by atoms with Gasteiger partial charge in [0.1, 0.15) is 49.4 Å². The Morgan fingerprint density at radius 1 is 0.449 bits per heavy atom. The van der Waals surface area contributed by atoms with E-state index in [1.54, 1.807) is 50.2 Å². The summed E-state index contributed by atoms with van der Waals surface area (Å²) < 4.78 is 147. The van der Waals surface area contributed by atoms with Crippen molar-refractivity contribution in [2.75, 3.05) is 14.2 Å². The van der Waals surface area contributed by atoms with Gasteiger partial charge in [-0.2, -0.15) is 64.0 Å². The topological polar surface area (TPSA) is 386 Å². The maximum absolute atomic E-state index is 12.8. The monoisotopic (exact) mass is 1140 g/mol. The number of aromatic hydroxyl groups is 1. The van der Waals surface area contributed by atoms with Crippen molar-refractivity contribution in [3.63, 3.8) is 0 Å². The lowest BCUT2D eigenvalue weighted by atomic mass is 10.1. The first-order valence-electron chi connectivity index (χ1n) is 22.1. The predicted octanol–water partition coefficient (Wildman–Crippen LogP) is 11.7. The van der Waals surface area contributed by atoms with Gasteiger partial charge < -0.3 is 14.6 Å². The van der Waals surface area contributed by atoms with Gasteiger partial charge in [0.05, 0.1) is 58.1 Å². The summed E-state index contributed by atoms with van der Waals surface area (Å²) >= 11 is 0. The SMILES string of the molecule is COc1cc(N=Nc2ccc(N=Nc3ccc(S(=O)(=O)O)cc3)cc2)c(C)cc1N=Nc1cc(OC)c(N=Nc2c(S(=O)(=O)O)cc3cc(-n4nc5ccc6c(S(=O)(=O)O)cc(S(=O)(=O)O)cc6c5n4)ccc3c2O)cc1C. The molecule has 8 aromatic carbocycles. The molecule has 0 atom stereocenters. The van der Waals surface area contributed by atoms with Crippen LogP contribution in [0.4, 0.5) is 45.5 Å². The van der Waals surface area contributed by atoms with Gasteiger partial charge in [-0.1, -0.05) is 6.07 Å². The van der Waals surface area contributed by atoms with Crippen LogP contribution in [0.3, 0.4) is 0 Å². The molecule has 0 radical (unpaired) electrons. The summed E-state index contributed by atoms with van der Waals surface area (Å²) in [6, 6.07) is 27.5. The van der Waals surface area contributed by atoms with E-state index in [4.69, 9.17) is 14.0 Å². The highest BCUT2D eigenvalue weighted by molar-refractivity contribution is 7.87. The lowest BCUT2D eigenvalue weighted by Gasteiger charge is -2.11. The molecule has 0 aliphatic heterocycles. The predicted molar refractivity (Wildman–Crippen MR) is 280 cm³/mol. The maximum Gasteiger partial charge on any atom is 0.296 e. The average Bonchev–Trinajstić information content (AvgIpc) is 3.91. The van der Waals surface area contributed by atoms with E-state index in [9.17, 15) is 52.4 Å². The molecule has 30 heteroatoms. The van der Waals surface area contributed by atoms with Crippen molar-refractivity contribution >= 4 is 119 Å². The van der Waals surface area contributed by atoms with Gasteiger partial charge in [0, 0.05) is 28.3 Å². The van der Waals surface area contributed by atoms with Gasteiger partial charge in [-0.3, -0.25) is 18.2 Å². The molecule has 0 spiro atoms. The molecular weight excluding hydrogens is 1100 g/mol.